The number of morpholine rings is 1. The number of fused-ring (bicyclic) bond motifs is 1. The van der Waals surface area contributed by atoms with Gasteiger partial charge in [-0.15, -0.1) is 0 Å². The number of nitrogens with one attached hydrogen (secondary N) is 1. The molecule has 1 aromatic carbocycles. The Morgan fingerprint density at radius 2 is 2.00 bits per heavy atom. The molecule has 2 aromatic rings. The lowest BCUT2D eigenvalue weighted by molar-refractivity contribution is -0.0159. The fourth-order valence-corrected chi connectivity index (χ4v) is 4.66. The van der Waals surface area contributed by atoms with Crippen molar-refractivity contribution in [3.05, 3.63) is 36.0 Å². The normalized spacial score (nSPS) is 24.1. The molecule has 2 fully saturated rings. The monoisotopic (exact) mass is 378 g/mol. The van der Waals surface area contributed by atoms with E-state index in [2.05, 4.69) is 40.3 Å². The Kier molecular flexibility index (Phi) is 6.09. The van der Waals surface area contributed by atoms with Crippen LogP contribution in [0.15, 0.2) is 30.5 Å². The smallest absolute Gasteiger partial charge is 0.101 e. The summed E-state index contributed by atoms with van der Waals surface area (Å²) in [5.41, 5.74) is 2.57. The van der Waals surface area contributed by atoms with Crippen molar-refractivity contribution in [3.8, 4) is 6.07 Å². The number of aromatic nitrogens is 1. The van der Waals surface area contributed by atoms with Crippen molar-refractivity contribution in [3.63, 3.8) is 0 Å². The summed E-state index contributed by atoms with van der Waals surface area (Å²) in [6.07, 6.45) is 10.1. The summed E-state index contributed by atoms with van der Waals surface area (Å²) in [4.78, 5) is 6.86. The molecule has 0 spiro atoms. The second kappa shape index (κ2) is 8.89. The Morgan fingerprint density at radius 1 is 1.18 bits per heavy atom. The number of nitriles is 1. The van der Waals surface area contributed by atoms with Crippen LogP contribution in [-0.4, -0.2) is 42.9 Å². The highest BCUT2D eigenvalue weighted by molar-refractivity contribution is 5.95. The maximum absolute atomic E-state index is 9.40. The van der Waals surface area contributed by atoms with Gasteiger partial charge in [-0.2, -0.15) is 5.26 Å². The van der Waals surface area contributed by atoms with Gasteiger partial charge >= 0.3 is 0 Å². The van der Waals surface area contributed by atoms with Gasteiger partial charge in [0.05, 0.1) is 23.3 Å². The fourth-order valence-electron chi connectivity index (χ4n) is 4.66. The van der Waals surface area contributed by atoms with Crippen LogP contribution in [0.1, 0.15) is 51.0 Å². The molecule has 1 aliphatic carbocycles. The molecular weight excluding hydrogens is 348 g/mol. The number of hydrogen-bond donors (Lipinski definition) is 1. The SMILES string of the molecule is C[C@@H]1CN(c2ccc(C#N)c3ncccc23)C[C@H](CNC2CCCCCC2)O1. The van der Waals surface area contributed by atoms with Crippen LogP contribution in [-0.2, 0) is 4.74 Å². The van der Waals surface area contributed by atoms with E-state index < -0.39 is 0 Å². The van der Waals surface area contributed by atoms with Gasteiger partial charge in [0, 0.05) is 42.9 Å². The van der Waals surface area contributed by atoms with Gasteiger partial charge in [0.1, 0.15) is 6.07 Å². The molecule has 0 radical (unpaired) electrons. The van der Waals surface area contributed by atoms with E-state index in [-0.39, 0.29) is 12.2 Å². The highest BCUT2D eigenvalue weighted by atomic mass is 16.5. The quantitative estimate of drug-likeness (QED) is 0.815. The van der Waals surface area contributed by atoms with Crippen LogP contribution in [0, 0.1) is 11.3 Å². The molecule has 0 amide bonds. The first-order chi connectivity index (χ1) is 13.7. The van der Waals surface area contributed by atoms with E-state index in [9.17, 15) is 5.26 Å². The number of nitrogens with zero attached hydrogens (tertiary/aromatic N) is 3. The summed E-state index contributed by atoms with van der Waals surface area (Å²) >= 11 is 0. The van der Waals surface area contributed by atoms with Gasteiger partial charge in [-0.1, -0.05) is 25.7 Å². The molecule has 4 rings (SSSR count). The highest BCUT2D eigenvalue weighted by Crippen LogP contribution is 2.30. The van der Waals surface area contributed by atoms with Crippen molar-refractivity contribution < 1.29 is 4.74 Å². The van der Waals surface area contributed by atoms with Crippen LogP contribution in [0.25, 0.3) is 10.9 Å². The standard InChI is InChI=1S/C23H30N4O/c1-17-15-27(16-20(28-17)14-26-19-7-4-2-3-5-8-19)22-11-10-18(13-24)23-21(22)9-6-12-25-23/h6,9-12,17,19-20,26H,2-5,7-8,14-16H2,1H3/t17-,20+/m1/s1. The van der Waals surface area contributed by atoms with Gasteiger partial charge in [-0.25, -0.2) is 0 Å². The summed E-state index contributed by atoms with van der Waals surface area (Å²) < 4.78 is 6.25. The van der Waals surface area contributed by atoms with Crippen molar-refractivity contribution in [2.45, 2.75) is 63.7 Å². The van der Waals surface area contributed by atoms with Crippen molar-refractivity contribution >= 4 is 16.6 Å². The highest BCUT2D eigenvalue weighted by Gasteiger charge is 2.27. The van der Waals surface area contributed by atoms with Crippen molar-refractivity contribution in [1.29, 1.82) is 5.26 Å². The maximum atomic E-state index is 9.40. The van der Waals surface area contributed by atoms with Crippen LogP contribution in [0.4, 0.5) is 5.69 Å². The second-order valence-electron chi connectivity index (χ2n) is 8.21. The minimum Gasteiger partial charge on any atom is -0.370 e. The number of hydrogen-bond acceptors (Lipinski definition) is 5. The average Bonchev–Trinajstić information content (AvgIpc) is 3.00. The topological polar surface area (TPSA) is 61.2 Å². The Labute approximate surface area is 167 Å². The molecule has 28 heavy (non-hydrogen) atoms. The minimum atomic E-state index is 0.175. The first-order valence-corrected chi connectivity index (χ1v) is 10.7. The van der Waals surface area contributed by atoms with Gasteiger partial charge in [0.15, 0.2) is 0 Å². The Hall–Kier alpha value is -2.16. The van der Waals surface area contributed by atoms with Gasteiger partial charge in [-0.05, 0) is 44.0 Å². The number of pyridine rings is 1. The lowest BCUT2D eigenvalue weighted by Gasteiger charge is -2.39. The lowest BCUT2D eigenvalue weighted by atomic mass is 10.1. The zero-order valence-corrected chi connectivity index (χ0v) is 16.7. The molecule has 2 aliphatic rings. The molecule has 2 atom stereocenters. The van der Waals surface area contributed by atoms with Gasteiger partial charge in [-0.3, -0.25) is 4.98 Å². The van der Waals surface area contributed by atoms with E-state index in [4.69, 9.17) is 4.74 Å². The largest absolute Gasteiger partial charge is 0.370 e. The lowest BCUT2D eigenvalue weighted by Crippen LogP contribution is -2.51. The van der Waals surface area contributed by atoms with E-state index in [0.717, 1.165) is 36.2 Å². The molecular formula is C23H30N4O. The number of anilines is 1. The molecule has 2 heterocycles. The Balaban J connectivity index is 1.49. The van der Waals surface area contributed by atoms with Crippen LogP contribution >= 0.6 is 0 Å². The van der Waals surface area contributed by atoms with Crippen molar-refractivity contribution in [2.24, 2.45) is 0 Å². The summed E-state index contributed by atoms with van der Waals surface area (Å²) in [6, 6.07) is 10.9. The second-order valence-corrected chi connectivity index (χ2v) is 8.21. The molecule has 1 N–H and O–H groups in total. The summed E-state index contributed by atoms with van der Waals surface area (Å²) in [5.74, 6) is 0. The van der Waals surface area contributed by atoms with E-state index >= 15 is 0 Å². The first kappa shape index (κ1) is 19.2. The van der Waals surface area contributed by atoms with Gasteiger partial charge < -0.3 is 15.0 Å². The fraction of sp³-hybridized carbons (Fsp3) is 0.565. The van der Waals surface area contributed by atoms with E-state index in [1.54, 1.807) is 6.20 Å². The Morgan fingerprint density at radius 3 is 2.79 bits per heavy atom. The van der Waals surface area contributed by atoms with Crippen molar-refractivity contribution in [1.82, 2.24) is 10.3 Å². The molecule has 5 heteroatoms. The molecule has 148 valence electrons. The maximum Gasteiger partial charge on any atom is 0.101 e. The molecule has 1 saturated carbocycles. The number of ether oxygens (including phenoxy) is 1. The summed E-state index contributed by atoms with van der Waals surface area (Å²) in [5, 5.41) is 14.2. The van der Waals surface area contributed by atoms with E-state index in [1.807, 2.05) is 12.1 Å². The van der Waals surface area contributed by atoms with Crippen LogP contribution in [0.5, 0.6) is 0 Å². The van der Waals surface area contributed by atoms with Gasteiger partial charge in [0.25, 0.3) is 0 Å². The molecule has 1 saturated heterocycles. The minimum absolute atomic E-state index is 0.175. The van der Waals surface area contributed by atoms with Gasteiger partial charge in [0.2, 0.25) is 0 Å². The third-order valence-corrected chi connectivity index (χ3v) is 6.02. The zero-order valence-electron chi connectivity index (χ0n) is 16.7. The van der Waals surface area contributed by atoms with E-state index in [0.29, 0.717) is 11.6 Å². The van der Waals surface area contributed by atoms with Crippen molar-refractivity contribution in [2.75, 3.05) is 24.5 Å². The van der Waals surface area contributed by atoms with Crippen LogP contribution in [0.2, 0.25) is 0 Å². The third kappa shape index (κ3) is 4.29. The third-order valence-electron chi connectivity index (χ3n) is 6.02. The molecule has 5 nitrogen and oxygen atoms in total. The first-order valence-electron chi connectivity index (χ1n) is 10.7. The zero-order chi connectivity index (χ0) is 19.3. The van der Waals surface area contributed by atoms with Crippen LogP contribution in [0.3, 0.4) is 0 Å². The predicted octanol–water partition coefficient (Wildman–Crippen LogP) is 4.01. The molecule has 0 bridgehead atoms. The average molecular weight is 379 g/mol. The summed E-state index contributed by atoms with van der Waals surface area (Å²) in [7, 11) is 0. The number of benzene rings is 1. The Bertz CT molecular complexity index is 838. The molecule has 1 aliphatic heterocycles. The molecule has 1 aromatic heterocycles. The predicted molar refractivity (Wildman–Crippen MR) is 112 cm³/mol. The van der Waals surface area contributed by atoms with E-state index in [1.165, 1.54) is 38.5 Å². The number of rotatable bonds is 4. The summed E-state index contributed by atoms with van der Waals surface area (Å²) in [6.45, 7) is 4.77. The van der Waals surface area contributed by atoms with Crippen LogP contribution < -0.4 is 10.2 Å². The molecule has 0 unspecified atom stereocenters.